The van der Waals surface area contributed by atoms with Gasteiger partial charge in [-0.05, 0) is 24.5 Å². The summed E-state index contributed by atoms with van der Waals surface area (Å²) in [4.78, 5) is 6.42. The number of aromatic nitrogens is 1. The number of nitrogens with zero attached hydrogens (tertiary/aromatic N) is 2. The van der Waals surface area contributed by atoms with Crippen molar-refractivity contribution in [2.75, 3.05) is 13.1 Å². The highest BCUT2D eigenvalue weighted by molar-refractivity contribution is 5.16. The maximum Gasteiger partial charge on any atom is 0.0679 e. The Balaban J connectivity index is 1.97. The van der Waals surface area contributed by atoms with Gasteiger partial charge in [-0.15, -0.1) is 0 Å². The molecular weight excluding hydrogens is 176 g/mol. The third-order valence-corrected chi connectivity index (χ3v) is 2.59. The molecule has 3 heteroatoms. The van der Waals surface area contributed by atoms with Crippen molar-refractivity contribution >= 4 is 0 Å². The van der Waals surface area contributed by atoms with E-state index in [0.29, 0.717) is 0 Å². The summed E-state index contributed by atoms with van der Waals surface area (Å²) in [7, 11) is 0. The van der Waals surface area contributed by atoms with Crippen LogP contribution in [0.25, 0.3) is 0 Å². The molecule has 0 saturated carbocycles. The number of pyridine rings is 1. The maximum atomic E-state index is 9.37. The first-order valence-corrected chi connectivity index (χ1v) is 5.05. The fraction of sp³-hybridized carbons (Fsp3) is 0.545. The highest BCUT2D eigenvalue weighted by atomic mass is 16.3. The summed E-state index contributed by atoms with van der Waals surface area (Å²) >= 11 is 0. The topological polar surface area (TPSA) is 36.4 Å². The molecule has 3 nitrogen and oxygen atoms in total. The third-order valence-electron chi connectivity index (χ3n) is 2.59. The molecule has 1 atom stereocenters. The normalized spacial score (nSPS) is 22.9. The van der Waals surface area contributed by atoms with Gasteiger partial charge in [0.2, 0.25) is 0 Å². The van der Waals surface area contributed by atoms with Crippen molar-refractivity contribution < 1.29 is 5.11 Å². The summed E-state index contributed by atoms with van der Waals surface area (Å²) in [5.41, 5.74) is 2.43. The number of β-amino-alcohol motifs (C(OH)–C–C–N with tert-alkyl or cyclic N) is 1. The van der Waals surface area contributed by atoms with Gasteiger partial charge in [-0.3, -0.25) is 9.88 Å². The van der Waals surface area contributed by atoms with E-state index in [9.17, 15) is 5.11 Å². The van der Waals surface area contributed by atoms with Crippen molar-refractivity contribution in [2.45, 2.75) is 26.0 Å². The summed E-state index contributed by atoms with van der Waals surface area (Å²) < 4.78 is 0. The Hall–Kier alpha value is -0.930. The van der Waals surface area contributed by atoms with Crippen LogP contribution in [0.3, 0.4) is 0 Å². The molecule has 2 heterocycles. The quantitative estimate of drug-likeness (QED) is 0.758. The van der Waals surface area contributed by atoms with Crippen LogP contribution < -0.4 is 0 Å². The minimum atomic E-state index is -0.132. The van der Waals surface area contributed by atoms with E-state index >= 15 is 0 Å². The fourth-order valence-electron chi connectivity index (χ4n) is 1.92. The largest absolute Gasteiger partial charge is 0.392 e. The summed E-state index contributed by atoms with van der Waals surface area (Å²) in [5.74, 6) is 0. The van der Waals surface area contributed by atoms with Gasteiger partial charge in [0, 0.05) is 32.0 Å². The average molecular weight is 192 g/mol. The molecule has 1 saturated heterocycles. The summed E-state index contributed by atoms with van der Waals surface area (Å²) in [5, 5.41) is 9.37. The second kappa shape index (κ2) is 4.07. The zero-order valence-corrected chi connectivity index (χ0v) is 8.48. The Labute approximate surface area is 84.4 Å². The predicted molar refractivity (Wildman–Crippen MR) is 54.9 cm³/mol. The Bertz CT molecular complexity index is 314. The van der Waals surface area contributed by atoms with Gasteiger partial charge in [-0.2, -0.15) is 0 Å². The SMILES string of the molecule is Cc1cncc(CN2CCC(O)C2)c1. The number of rotatable bonds is 2. The monoisotopic (exact) mass is 192 g/mol. The van der Waals surface area contributed by atoms with Crippen LogP contribution in [0.4, 0.5) is 0 Å². The van der Waals surface area contributed by atoms with Crippen LogP contribution >= 0.6 is 0 Å². The lowest BCUT2D eigenvalue weighted by molar-refractivity contribution is 0.174. The first-order valence-electron chi connectivity index (χ1n) is 5.05. The number of likely N-dealkylation sites (tertiary alicyclic amines) is 1. The van der Waals surface area contributed by atoms with Crippen LogP contribution in [0.15, 0.2) is 18.5 Å². The van der Waals surface area contributed by atoms with E-state index in [4.69, 9.17) is 0 Å². The molecule has 0 bridgehead atoms. The molecule has 2 rings (SSSR count). The first-order chi connectivity index (χ1) is 6.74. The Morgan fingerprint density at radius 2 is 2.43 bits per heavy atom. The summed E-state index contributed by atoms with van der Waals surface area (Å²) in [6.07, 6.45) is 4.53. The molecule has 0 amide bonds. The molecule has 1 aliphatic heterocycles. The van der Waals surface area contributed by atoms with Crippen LogP contribution in [0, 0.1) is 6.92 Å². The van der Waals surface area contributed by atoms with Gasteiger partial charge in [-0.1, -0.05) is 6.07 Å². The minimum absolute atomic E-state index is 0.132. The standard InChI is InChI=1S/C11H16N2O/c1-9-4-10(6-12-5-9)7-13-3-2-11(14)8-13/h4-6,11,14H,2-3,7-8H2,1H3. The molecule has 0 spiro atoms. The number of aryl methyl sites for hydroxylation is 1. The van der Waals surface area contributed by atoms with E-state index in [2.05, 4.69) is 22.9 Å². The van der Waals surface area contributed by atoms with Crippen LogP contribution in [-0.2, 0) is 6.54 Å². The van der Waals surface area contributed by atoms with Crippen molar-refractivity contribution in [3.8, 4) is 0 Å². The Morgan fingerprint density at radius 1 is 1.57 bits per heavy atom. The highest BCUT2D eigenvalue weighted by Gasteiger charge is 2.19. The molecule has 1 aliphatic rings. The van der Waals surface area contributed by atoms with Crippen LogP contribution in [0.2, 0.25) is 0 Å². The lowest BCUT2D eigenvalue weighted by Gasteiger charge is -2.14. The van der Waals surface area contributed by atoms with Crippen LogP contribution in [0.5, 0.6) is 0 Å². The van der Waals surface area contributed by atoms with E-state index in [1.165, 1.54) is 11.1 Å². The van der Waals surface area contributed by atoms with Crippen molar-refractivity contribution in [2.24, 2.45) is 0 Å². The van der Waals surface area contributed by atoms with E-state index < -0.39 is 0 Å². The van der Waals surface area contributed by atoms with Crippen molar-refractivity contribution in [3.63, 3.8) is 0 Å². The molecule has 1 N–H and O–H groups in total. The van der Waals surface area contributed by atoms with E-state index in [-0.39, 0.29) is 6.10 Å². The van der Waals surface area contributed by atoms with Crippen LogP contribution in [-0.4, -0.2) is 34.2 Å². The number of hydrogen-bond acceptors (Lipinski definition) is 3. The molecule has 0 aromatic carbocycles. The molecule has 14 heavy (non-hydrogen) atoms. The lowest BCUT2D eigenvalue weighted by atomic mass is 10.2. The summed E-state index contributed by atoms with van der Waals surface area (Å²) in [6, 6.07) is 2.15. The second-order valence-corrected chi connectivity index (χ2v) is 4.05. The minimum Gasteiger partial charge on any atom is -0.392 e. The Morgan fingerprint density at radius 3 is 3.07 bits per heavy atom. The molecule has 0 aliphatic carbocycles. The van der Waals surface area contributed by atoms with E-state index in [1.54, 1.807) is 0 Å². The predicted octanol–water partition coefficient (Wildman–Crippen LogP) is 0.957. The van der Waals surface area contributed by atoms with Gasteiger partial charge in [0.25, 0.3) is 0 Å². The van der Waals surface area contributed by atoms with Crippen molar-refractivity contribution in [1.82, 2.24) is 9.88 Å². The molecule has 1 unspecified atom stereocenters. The van der Waals surface area contributed by atoms with Crippen LogP contribution in [0.1, 0.15) is 17.5 Å². The molecule has 76 valence electrons. The maximum absolute atomic E-state index is 9.37. The fourth-order valence-corrected chi connectivity index (χ4v) is 1.92. The van der Waals surface area contributed by atoms with E-state index in [0.717, 1.165) is 26.1 Å². The van der Waals surface area contributed by atoms with Gasteiger partial charge in [0.1, 0.15) is 0 Å². The van der Waals surface area contributed by atoms with Gasteiger partial charge in [0.15, 0.2) is 0 Å². The molecule has 1 aromatic heterocycles. The number of hydrogen-bond donors (Lipinski definition) is 1. The highest BCUT2D eigenvalue weighted by Crippen LogP contribution is 2.13. The Kier molecular flexibility index (Phi) is 2.79. The molecule has 0 radical (unpaired) electrons. The third kappa shape index (κ3) is 2.30. The molecule has 1 aromatic rings. The van der Waals surface area contributed by atoms with Gasteiger partial charge < -0.3 is 5.11 Å². The lowest BCUT2D eigenvalue weighted by Crippen LogP contribution is -2.21. The number of aliphatic hydroxyl groups is 1. The van der Waals surface area contributed by atoms with Gasteiger partial charge in [0.05, 0.1) is 6.10 Å². The van der Waals surface area contributed by atoms with Crippen molar-refractivity contribution in [3.05, 3.63) is 29.6 Å². The van der Waals surface area contributed by atoms with E-state index in [1.807, 2.05) is 12.4 Å². The second-order valence-electron chi connectivity index (χ2n) is 4.05. The summed E-state index contributed by atoms with van der Waals surface area (Å²) in [6.45, 7) is 4.75. The zero-order chi connectivity index (χ0) is 9.97. The van der Waals surface area contributed by atoms with Gasteiger partial charge in [-0.25, -0.2) is 0 Å². The zero-order valence-electron chi connectivity index (χ0n) is 8.48. The van der Waals surface area contributed by atoms with Crippen molar-refractivity contribution in [1.29, 1.82) is 0 Å². The molecular formula is C11H16N2O. The smallest absolute Gasteiger partial charge is 0.0679 e. The first kappa shape index (κ1) is 9.62. The molecule has 1 fully saturated rings. The van der Waals surface area contributed by atoms with Gasteiger partial charge >= 0.3 is 0 Å². The average Bonchev–Trinajstić information content (AvgIpc) is 2.51. The number of aliphatic hydroxyl groups excluding tert-OH is 1.